The van der Waals surface area contributed by atoms with Crippen LogP contribution in [0.3, 0.4) is 0 Å². The van der Waals surface area contributed by atoms with Gasteiger partial charge in [-0.3, -0.25) is 19.2 Å². The summed E-state index contributed by atoms with van der Waals surface area (Å²) in [5.41, 5.74) is 2.25. The van der Waals surface area contributed by atoms with Gasteiger partial charge in [0, 0.05) is 44.7 Å². The number of nitrogens with one attached hydrogen (secondary N) is 2. The highest BCUT2D eigenvalue weighted by Crippen LogP contribution is 2.18. The van der Waals surface area contributed by atoms with E-state index < -0.39 is 23.8 Å². The topological polar surface area (TPSA) is 182 Å². The highest BCUT2D eigenvalue weighted by Gasteiger charge is 2.21. The van der Waals surface area contributed by atoms with Crippen LogP contribution in [0.15, 0.2) is 24.3 Å². The molecule has 340 valence electrons. The van der Waals surface area contributed by atoms with Crippen molar-refractivity contribution < 1.29 is 53.1 Å². The number of carboxylic acid groups (broad SMARTS) is 2. The van der Waals surface area contributed by atoms with Crippen molar-refractivity contribution in [2.24, 2.45) is 11.8 Å². The molecular formula is C45H79N3O11. The third-order valence-electron chi connectivity index (χ3n) is 10.0. The average molecular weight is 838 g/mol. The van der Waals surface area contributed by atoms with Gasteiger partial charge in [-0.05, 0) is 37.5 Å². The maximum atomic E-state index is 12.3. The monoisotopic (exact) mass is 838 g/mol. The number of carbonyl (C=O) groups excluding carboxylic acids is 2. The summed E-state index contributed by atoms with van der Waals surface area (Å²) in [7, 11) is 0. The molecule has 59 heavy (non-hydrogen) atoms. The summed E-state index contributed by atoms with van der Waals surface area (Å²) in [6, 6.07) is 8.28. The van der Waals surface area contributed by atoms with E-state index in [-0.39, 0.29) is 24.7 Å². The van der Waals surface area contributed by atoms with Crippen LogP contribution in [0.5, 0.6) is 0 Å². The van der Waals surface area contributed by atoms with Gasteiger partial charge in [-0.25, -0.2) is 0 Å². The second kappa shape index (κ2) is 37.7. The third-order valence-corrected chi connectivity index (χ3v) is 10.0. The predicted octanol–water partition coefficient (Wildman–Crippen LogP) is 6.80. The Morgan fingerprint density at radius 1 is 0.559 bits per heavy atom. The van der Waals surface area contributed by atoms with Crippen molar-refractivity contribution in [1.82, 2.24) is 10.6 Å². The lowest BCUT2D eigenvalue weighted by Crippen LogP contribution is -2.32. The van der Waals surface area contributed by atoms with Gasteiger partial charge < -0.3 is 49.4 Å². The lowest BCUT2D eigenvalue weighted by atomic mass is 9.97. The number of anilines is 1. The van der Waals surface area contributed by atoms with E-state index in [2.05, 4.69) is 54.5 Å². The minimum Gasteiger partial charge on any atom is -0.481 e. The average Bonchev–Trinajstić information content (AvgIpc) is 3.21. The zero-order valence-electron chi connectivity index (χ0n) is 36.7. The number of hydrogen-bond acceptors (Lipinski definition) is 10. The molecule has 0 aromatic heterocycles. The molecule has 4 N–H and O–H groups in total. The Hall–Kier alpha value is -3.30. The van der Waals surface area contributed by atoms with E-state index >= 15 is 0 Å². The molecule has 0 spiro atoms. The van der Waals surface area contributed by atoms with Gasteiger partial charge in [-0.15, -0.1) is 0 Å². The SMILES string of the molecule is CCCCCCCCC(CC(=O)NCCOCCOCCOCCN(CCOCCOCCNC(=O)CC(CCCCCCCC)C(=O)O)c1cccc(C)c1)C(=O)O. The largest absolute Gasteiger partial charge is 0.481 e. The van der Waals surface area contributed by atoms with Gasteiger partial charge in [0.2, 0.25) is 11.8 Å². The molecule has 0 bridgehead atoms. The first-order chi connectivity index (χ1) is 28.7. The number of aliphatic carboxylic acids is 2. The molecule has 0 heterocycles. The Labute approximate surface area is 354 Å². The molecule has 0 fully saturated rings. The molecule has 1 aromatic rings. The molecule has 1 aromatic carbocycles. The van der Waals surface area contributed by atoms with Crippen LogP contribution < -0.4 is 15.5 Å². The number of nitrogens with zero attached hydrogens (tertiary/aromatic N) is 1. The van der Waals surface area contributed by atoms with Crippen molar-refractivity contribution in [2.45, 2.75) is 124 Å². The van der Waals surface area contributed by atoms with Crippen LogP contribution in [0, 0.1) is 18.8 Å². The molecule has 0 saturated carbocycles. The zero-order chi connectivity index (χ0) is 43.2. The number of rotatable bonds is 42. The number of amides is 2. The minimum atomic E-state index is -0.915. The summed E-state index contributed by atoms with van der Waals surface area (Å²) in [6.45, 7) is 12.5. The molecule has 14 heteroatoms. The van der Waals surface area contributed by atoms with Crippen LogP contribution in [0.1, 0.15) is 122 Å². The molecule has 0 saturated heterocycles. The number of hydrogen-bond donors (Lipinski definition) is 4. The molecule has 14 nitrogen and oxygen atoms in total. The van der Waals surface area contributed by atoms with E-state index in [9.17, 15) is 29.4 Å². The summed E-state index contributed by atoms with van der Waals surface area (Å²) in [5.74, 6) is -3.66. The fraction of sp³-hybridized carbons (Fsp3) is 0.778. The maximum Gasteiger partial charge on any atom is 0.307 e. The Morgan fingerprint density at radius 2 is 0.949 bits per heavy atom. The smallest absolute Gasteiger partial charge is 0.307 e. The number of carbonyl (C=O) groups is 4. The first-order valence-corrected chi connectivity index (χ1v) is 22.4. The van der Waals surface area contributed by atoms with Crippen LogP contribution >= 0.6 is 0 Å². The summed E-state index contributed by atoms with van der Waals surface area (Å²) in [6.07, 6.45) is 14.0. The Balaban J connectivity index is 2.15. The Kier molecular flexibility index (Phi) is 34.3. The van der Waals surface area contributed by atoms with Crippen LogP contribution in [0.25, 0.3) is 0 Å². The molecule has 0 aliphatic heterocycles. The summed E-state index contributed by atoms with van der Waals surface area (Å²) >= 11 is 0. The van der Waals surface area contributed by atoms with E-state index in [1.54, 1.807) is 0 Å². The second-order valence-electron chi connectivity index (χ2n) is 15.2. The molecule has 0 aliphatic rings. The van der Waals surface area contributed by atoms with Gasteiger partial charge in [-0.1, -0.05) is 103 Å². The summed E-state index contributed by atoms with van der Waals surface area (Å²) < 4.78 is 28.4. The van der Waals surface area contributed by atoms with Crippen molar-refractivity contribution in [3.05, 3.63) is 29.8 Å². The van der Waals surface area contributed by atoms with Gasteiger partial charge in [0.1, 0.15) is 0 Å². The lowest BCUT2D eigenvalue weighted by Gasteiger charge is -2.25. The van der Waals surface area contributed by atoms with E-state index in [4.69, 9.17) is 23.7 Å². The summed E-state index contributed by atoms with van der Waals surface area (Å²) in [4.78, 5) is 49.9. The van der Waals surface area contributed by atoms with Crippen LogP contribution in [0.2, 0.25) is 0 Å². The first-order valence-electron chi connectivity index (χ1n) is 22.4. The van der Waals surface area contributed by atoms with Crippen molar-refractivity contribution in [3.63, 3.8) is 0 Å². The Bertz CT molecular complexity index is 1220. The maximum absolute atomic E-state index is 12.3. The molecule has 2 amide bonds. The predicted molar refractivity (Wildman–Crippen MR) is 231 cm³/mol. The van der Waals surface area contributed by atoms with E-state index in [0.29, 0.717) is 105 Å². The molecule has 0 radical (unpaired) electrons. The highest BCUT2D eigenvalue weighted by atomic mass is 16.5. The van der Waals surface area contributed by atoms with E-state index in [1.807, 2.05) is 6.07 Å². The molecule has 1 rings (SSSR count). The molecular weight excluding hydrogens is 759 g/mol. The van der Waals surface area contributed by atoms with Gasteiger partial charge >= 0.3 is 11.9 Å². The van der Waals surface area contributed by atoms with Gasteiger partial charge in [0.15, 0.2) is 0 Å². The standard InChI is InChI=1S/C45H79N3O11/c1-4-6-8-10-12-14-18-39(44(51)52)36-42(49)46-21-25-55-29-31-57-27-23-48(41-20-16-17-38(3)35-41)24-28-58-32-34-59-33-30-56-26-22-47-43(50)37-40(45(53)54)19-15-13-11-9-7-5-2/h16-17,20,35,39-40H,4-15,18-19,21-34,36-37H2,1-3H3,(H,46,49)(H,47,50)(H,51,52)(H,53,54). The number of carboxylic acids is 2. The van der Waals surface area contributed by atoms with Crippen molar-refractivity contribution >= 4 is 29.4 Å². The van der Waals surface area contributed by atoms with E-state index in [1.165, 1.54) is 38.5 Å². The first kappa shape index (κ1) is 53.7. The molecule has 0 aliphatic carbocycles. The van der Waals surface area contributed by atoms with E-state index in [0.717, 1.165) is 49.8 Å². The normalized spacial score (nSPS) is 12.3. The van der Waals surface area contributed by atoms with Crippen LogP contribution in [-0.2, 0) is 42.9 Å². The number of ether oxygens (including phenoxy) is 5. The minimum absolute atomic E-state index is 0.00917. The number of benzene rings is 1. The van der Waals surface area contributed by atoms with Crippen LogP contribution in [-0.4, -0.2) is 126 Å². The number of unbranched alkanes of at least 4 members (excludes halogenated alkanes) is 10. The fourth-order valence-corrected chi connectivity index (χ4v) is 6.49. The molecule has 2 unspecified atom stereocenters. The van der Waals surface area contributed by atoms with Gasteiger partial charge in [0.05, 0.1) is 77.9 Å². The van der Waals surface area contributed by atoms with Crippen LogP contribution in [0.4, 0.5) is 5.69 Å². The third kappa shape index (κ3) is 31.3. The fourth-order valence-electron chi connectivity index (χ4n) is 6.49. The zero-order valence-corrected chi connectivity index (χ0v) is 36.7. The van der Waals surface area contributed by atoms with Gasteiger partial charge in [0.25, 0.3) is 0 Å². The van der Waals surface area contributed by atoms with Crippen molar-refractivity contribution in [1.29, 1.82) is 0 Å². The summed E-state index contributed by atoms with van der Waals surface area (Å²) in [5, 5.41) is 24.5. The second-order valence-corrected chi connectivity index (χ2v) is 15.2. The van der Waals surface area contributed by atoms with Gasteiger partial charge in [-0.2, -0.15) is 0 Å². The Morgan fingerprint density at radius 3 is 1.36 bits per heavy atom. The highest BCUT2D eigenvalue weighted by molar-refractivity contribution is 5.82. The quantitative estimate of drug-likeness (QED) is 0.0507. The van der Waals surface area contributed by atoms with Crippen molar-refractivity contribution in [2.75, 3.05) is 97.1 Å². The van der Waals surface area contributed by atoms with Crippen molar-refractivity contribution in [3.8, 4) is 0 Å². The lowest BCUT2D eigenvalue weighted by molar-refractivity contribution is -0.144. The molecule has 2 atom stereocenters. The number of aryl methyl sites for hydroxylation is 1.